The van der Waals surface area contributed by atoms with E-state index in [2.05, 4.69) is 15.3 Å². The number of rotatable bonds is 10. The first-order valence-electron chi connectivity index (χ1n) is 10.8. The molecule has 4 rings (SSSR count). The Balaban J connectivity index is 1.78. The van der Waals surface area contributed by atoms with Gasteiger partial charge in [0.05, 0.1) is 39.6 Å². The first kappa shape index (κ1) is 24.5. The standard InChI is InChI=1S/C23H26N4O4S3/c1-15(2)10-24-23(28)21(9-18-12-32-14-25-18)27(11-19-13-33-16(3)26-19)34(29,30)20-4-5-22-17(8-20)6-7-31-22/h4-8,12-15,21H,9-11H2,1-3H3,(H,24,28)/t21-/m0/s1. The molecule has 4 aromatic rings. The van der Waals surface area contributed by atoms with Gasteiger partial charge in [-0.1, -0.05) is 13.8 Å². The van der Waals surface area contributed by atoms with E-state index in [-0.39, 0.29) is 29.7 Å². The molecule has 0 bridgehead atoms. The molecule has 0 fully saturated rings. The first-order valence-corrected chi connectivity index (χ1v) is 14.0. The van der Waals surface area contributed by atoms with E-state index >= 15 is 0 Å². The molecule has 0 saturated heterocycles. The van der Waals surface area contributed by atoms with Crippen molar-refractivity contribution in [1.82, 2.24) is 19.6 Å². The van der Waals surface area contributed by atoms with Crippen molar-refractivity contribution >= 4 is 49.6 Å². The second kappa shape index (κ2) is 10.3. The number of fused-ring (bicyclic) bond motifs is 1. The Labute approximate surface area is 206 Å². The third-order valence-corrected chi connectivity index (χ3v) is 8.54. The maximum Gasteiger partial charge on any atom is 0.244 e. The summed E-state index contributed by atoms with van der Waals surface area (Å²) in [5.41, 5.74) is 3.52. The van der Waals surface area contributed by atoms with Gasteiger partial charge in [-0.15, -0.1) is 22.7 Å². The molecular formula is C23H26N4O4S3. The molecule has 1 N–H and O–H groups in total. The van der Waals surface area contributed by atoms with Crippen LogP contribution >= 0.6 is 22.7 Å². The van der Waals surface area contributed by atoms with E-state index in [1.807, 2.05) is 31.5 Å². The molecule has 0 saturated carbocycles. The molecule has 8 nitrogen and oxygen atoms in total. The van der Waals surface area contributed by atoms with E-state index in [1.54, 1.807) is 23.7 Å². The summed E-state index contributed by atoms with van der Waals surface area (Å²) >= 11 is 2.84. The van der Waals surface area contributed by atoms with Crippen molar-refractivity contribution in [3.63, 3.8) is 0 Å². The zero-order valence-electron chi connectivity index (χ0n) is 19.1. The van der Waals surface area contributed by atoms with Crippen molar-refractivity contribution in [3.05, 3.63) is 63.2 Å². The number of benzene rings is 1. The van der Waals surface area contributed by atoms with Crippen LogP contribution in [0.5, 0.6) is 0 Å². The van der Waals surface area contributed by atoms with E-state index in [4.69, 9.17) is 4.42 Å². The molecule has 1 aromatic carbocycles. The molecule has 0 unspecified atom stereocenters. The van der Waals surface area contributed by atoms with E-state index in [1.165, 1.54) is 39.3 Å². The first-order chi connectivity index (χ1) is 16.2. The minimum Gasteiger partial charge on any atom is -0.464 e. The largest absolute Gasteiger partial charge is 0.464 e. The van der Waals surface area contributed by atoms with Crippen molar-refractivity contribution in [3.8, 4) is 0 Å². The zero-order chi connectivity index (χ0) is 24.3. The quantitative estimate of drug-likeness (QED) is 0.337. The fourth-order valence-corrected chi connectivity index (χ4v) is 6.30. The topological polar surface area (TPSA) is 105 Å². The van der Waals surface area contributed by atoms with Gasteiger partial charge in [-0.05, 0) is 37.1 Å². The van der Waals surface area contributed by atoms with Crippen molar-refractivity contribution < 1.29 is 17.6 Å². The number of hydrogen-bond donors (Lipinski definition) is 1. The summed E-state index contributed by atoms with van der Waals surface area (Å²) in [4.78, 5) is 22.2. The third-order valence-electron chi connectivity index (χ3n) is 5.24. The van der Waals surface area contributed by atoms with E-state index in [9.17, 15) is 13.2 Å². The number of amides is 1. The van der Waals surface area contributed by atoms with E-state index in [0.29, 0.717) is 28.9 Å². The Bertz CT molecular complexity index is 1360. The smallest absolute Gasteiger partial charge is 0.244 e. The van der Waals surface area contributed by atoms with E-state index < -0.39 is 16.1 Å². The highest BCUT2D eigenvalue weighted by Gasteiger charge is 2.37. The molecule has 180 valence electrons. The maximum atomic E-state index is 14.0. The number of furan rings is 1. The number of hydrogen-bond acceptors (Lipinski definition) is 8. The summed E-state index contributed by atoms with van der Waals surface area (Å²) < 4.78 is 34.6. The highest BCUT2D eigenvalue weighted by molar-refractivity contribution is 7.89. The second-order valence-corrected chi connectivity index (χ2v) is 12.0. The number of carbonyl (C=O) groups excluding carboxylic acids is 1. The average Bonchev–Trinajstić information content (AvgIpc) is 3.56. The van der Waals surface area contributed by atoms with Crippen LogP contribution in [0, 0.1) is 12.8 Å². The molecular weight excluding hydrogens is 492 g/mol. The van der Waals surface area contributed by atoms with E-state index in [0.717, 1.165) is 5.01 Å². The predicted octanol–water partition coefficient (Wildman–Crippen LogP) is 4.23. The summed E-state index contributed by atoms with van der Waals surface area (Å²) in [5.74, 6) is -0.139. The number of aromatic nitrogens is 2. The van der Waals surface area contributed by atoms with Crippen molar-refractivity contribution in [1.29, 1.82) is 0 Å². The lowest BCUT2D eigenvalue weighted by molar-refractivity contribution is -0.125. The number of thiazole rings is 2. The Morgan fingerprint density at radius 1 is 1.21 bits per heavy atom. The summed E-state index contributed by atoms with van der Waals surface area (Å²) in [6.07, 6.45) is 1.67. The van der Waals surface area contributed by atoms with Crippen LogP contribution in [0.25, 0.3) is 11.0 Å². The van der Waals surface area contributed by atoms with Gasteiger partial charge in [0.1, 0.15) is 11.6 Å². The van der Waals surface area contributed by atoms with Crippen molar-refractivity contribution in [2.75, 3.05) is 6.54 Å². The van der Waals surface area contributed by atoms with Gasteiger partial charge in [0.15, 0.2) is 0 Å². The van der Waals surface area contributed by atoms with Crippen molar-refractivity contribution in [2.24, 2.45) is 5.92 Å². The van der Waals surface area contributed by atoms with Gasteiger partial charge in [-0.2, -0.15) is 4.31 Å². The van der Waals surface area contributed by atoms with Crippen LogP contribution in [0.2, 0.25) is 0 Å². The summed E-state index contributed by atoms with van der Waals surface area (Å²) in [6.45, 7) is 6.25. The highest BCUT2D eigenvalue weighted by atomic mass is 32.2. The van der Waals surface area contributed by atoms with Gasteiger partial charge in [-0.25, -0.2) is 18.4 Å². The normalized spacial score (nSPS) is 13.1. The van der Waals surface area contributed by atoms with Crippen LogP contribution in [0.4, 0.5) is 0 Å². The van der Waals surface area contributed by atoms with Gasteiger partial charge in [-0.3, -0.25) is 4.79 Å². The highest BCUT2D eigenvalue weighted by Crippen LogP contribution is 2.27. The lowest BCUT2D eigenvalue weighted by atomic mass is 10.1. The molecule has 1 amide bonds. The monoisotopic (exact) mass is 518 g/mol. The molecule has 11 heteroatoms. The van der Waals surface area contributed by atoms with Crippen LogP contribution in [-0.4, -0.2) is 41.2 Å². The number of carbonyl (C=O) groups is 1. The van der Waals surface area contributed by atoms with Gasteiger partial charge in [0.2, 0.25) is 15.9 Å². The number of sulfonamides is 1. The van der Waals surface area contributed by atoms with Gasteiger partial charge < -0.3 is 9.73 Å². The lowest BCUT2D eigenvalue weighted by Gasteiger charge is -2.29. The van der Waals surface area contributed by atoms with Gasteiger partial charge >= 0.3 is 0 Å². The minimum atomic E-state index is -4.07. The third kappa shape index (κ3) is 5.54. The SMILES string of the molecule is Cc1nc(CN([C@@H](Cc2cscn2)C(=O)NCC(C)C)S(=O)(=O)c2ccc3occc3c2)cs1. The van der Waals surface area contributed by atoms with Gasteiger partial charge in [0.25, 0.3) is 0 Å². The predicted molar refractivity (Wildman–Crippen MR) is 133 cm³/mol. The molecule has 0 spiro atoms. The fourth-order valence-electron chi connectivity index (χ4n) is 3.53. The maximum absolute atomic E-state index is 14.0. The Morgan fingerprint density at radius 2 is 2.03 bits per heavy atom. The summed E-state index contributed by atoms with van der Waals surface area (Å²) in [6, 6.07) is 5.42. The Kier molecular flexibility index (Phi) is 7.46. The number of nitrogens with zero attached hydrogens (tertiary/aromatic N) is 3. The van der Waals surface area contributed by atoms with Crippen LogP contribution < -0.4 is 5.32 Å². The minimum absolute atomic E-state index is 0.0278. The molecule has 0 aliphatic heterocycles. The second-order valence-electron chi connectivity index (χ2n) is 8.37. The molecule has 0 aliphatic rings. The molecule has 0 radical (unpaired) electrons. The van der Waals surface area contributed by atoms with Crippen LogP contribution in [-0.2, 0) is 27.8 Å². The Morgan fingerprint density at radius 3 is 2.71 bits per heavy atom. The zero-order valence-corrected chi connectivity index (χ0v) is 21.5. The number of nitrogens with one attached hydrogen (secondary N) is 1. The molecule has 34 heavy (non-hydrogen) atoms. The number of aryl methyl sites for hydroxylation is 1. The van der Waals surface area contributed by atoms with Gasteiger partial charge in [0, 0.05) is 29.1 Å². The van der Waals surface area contributed by atoms with Crippen LogP contribution in [0.3, 0.4) is 0 Å². The van der Waals surface area contributed by atoms with Crippen molar-refractivity contribution in [2.45, 2.75) is 44.7 Å². The molecule has 1 atom stereocenters. The molecule has 3 heterocycles. The van der Waals surface area contributed by atoms with Crippen LogP contribution in [0.1, 0.15) is 30.2 Å². The Hall–Kier alpha value is -2.60. The van der Waals surface area contributed by atoms with Crippen LogP contribution in [0.15, 0.2) is 56.1 Å². The lowest BCUT2D eigenvalue weighted by Crippen LogP contribution is -2.51. The summed E-state index contributed by atoms with van der Waals surface area (Å²) in [5, 5.41) is 8.07. The average molecular weight is 519 g/mol. The molecule has 3 aromatic heterocycles. The molecule has 0 aliphatic carbocycles. The fraction of sp³-hybridized carbons (Fsp3) is 0.348. The summed E-state index contributed by atoms with van der Waals surface area (Å²) in [7, 11) is -4.07.